The molecule has 1 saturated carbocycles. The molecule has 2 aliphatic rings. The molecule has 3 heterocycles. The summed E-state index contributed by atoms with van der Waals surface area (Å²) in [6, 6.07) is 6.18. The molecular formula is C20H24N6O. The Morgan fingerprint density at radius 1 is 1.30 bits per heavy atom. The number of hydrogen-bond acceptors (Lipinski definition) is 4. The molecule has 2 aromatic heterocycles. The van der Waals surface area contributed by atoms with E-state index in [9.17, 15) is 4.79 Å². The van der Waals surface area contributed by atoms with Crippen LogP contribution in [0.3, 0.4) is 0 Å². The molecule has 27 heavy (non-hydrogen) atoms. The van der Waals surface area contributed by atoms with E-state index >= 15 is 0 Å². The van der Waals surface area contributed by atoms with E-state index in [1.807, 2.05) is 28.9 Å². The quantitative estimate of drug-likeness (QED) is 0.773. The molecule has 5 rings (SSSR count). The number of aromatic nitrogens is 4. The fourth-order valence-corrected chi connectivity index (χ4v) is 3.91. The second kappa shape index (κ2) is 6.11. The van der Waals surface area contributed by atoms with Crippen molar-refractivity contribution in [3.05, 3.63) is 35.7 Å². The Kier molecular flexibility index (Phi) is 3.70. The third-order valence-corrected chi connectivity index (χ3v) is 5.59. The number of amides is 1. The lowest BCUT2D eigenvalue weighted by Gasteiger charge is -2.26. The molecule has 3 aromatic rings. The molecular weight excluding hydrogens is 340 g/mol. The van der Waals surface area contributed by atoms with E-state index in [4.69, 9.17) is 5.10 Å². The second-order valence-corrected chi connectivity index (χ2v) is 7.79. The lowest BCUT2D eigenvalue weighted by atomic mass is 10.1. The lowest BCUT2D eigenvalue weighted by molar-refractivity contribution is -0.129. The van der Waals surface area contributed by atoms with Gasteiger partial charge in [0, 0.05) is 62.0 Å². The smallest absolute Gasteiger partial charge is 0.219 e. The van der Waals surface area contributed by atoms with E-state index < -0.39 is 0 Å². The van der Waals surface area contributed by atoms with Gasteiger partial charge in [-0.15, -0.1) is 0 Å². The van der Waals surface area contributed by atoms with Crippen molar-refractivity contribution in [2.45, 2.75) is 39.3 Å². The summed E-state index contributed by atoms with van der Waals surface area (Å²) in [5.74, 6) is 1.75. The van der Waals surface area contributed by atoms with E-state index in [0.29, 0.717) is 6.54 Å². The maximum absolute atomic E-state index is 11.9. The van der Waals surface area contributed by atoms with Crippen molar-refractivity contribution in [3.8, 4) is 0 Å². The van der Waals surface area contributed by atoms with Gasteiger partial charge in [0.2, 0.25) is 5.91 Å². The zero-order chi connectivity index (χ0) is 18.5. The molecule has 1 aromatic carbocycles. The van der Waals surface area contributed by atoms with Gasteiger partial charge in [0.15, 0.2) is 5.82 Å². The van der Waals surface area contributed by atoms with Gasteiger partial charge in [0.05, 0.1) is 12.1 Å². The minimum Gasteiger partial charge on any atom is -0.338 e. The maximum atomic E-state index is 11.9. The van der Waals surface area contributed by atoms with Crippen LogP contribution in [0.15, 0.2) is 24.4 Å². The van der Waals surface area contributed by atoms with Crippen molar-refractivity contribution < 1.29 is 4.79 Å². The Hall–Kier alpha value is -2.83. The first-order chi connectivity index (χ1) is 13.1. The topological polar surface area (TPSA) is 68.0 Å². The number of aryl methyl sites for hydroxylation is 1. The molecule has 1 aliphatic carbocycles. The summed E-state index contributed by atoms with van der Waals surface area (Å²) < 4.78 is 4.00. The highest BCUT2D eigenvalue weighted by atomic mass is 16.2. The maximum Gasteiger partial charge on any atom is 0.219 e. The largest absolute Gasteiger partial charge is 0.338 e. The summed E-state index contributed by atoms with van der Waals surface area (Å²) in [4.78, 5) is 13.8. The Bertz CT molecular complexity index is 1030. The van der Waals surface area contributed by atoms with Crippen molar-refractivity contribution in [2.75, 3.05) is 11.9 Å². The number of anilines is 2. The van der Waals surface area contributed by atoms with Gasteiger partial charge in [0.1, 0.15) is 0 Å². The fourth-order valence-electron chi connectivity index (χ4n) is 3.91. The van der Waals surface area contributed by atoms with Gasteiger partial charge < -0.3 is 10.2 Å². The highest BCUT2D eigenvalue weighted by Crippen LogP contribution is 2.34. The van der Waals surface area contributed by atoms with E-state index in [1.165, 1.54) is 18.5 Å². The molecule has 1 fully saturated rings. The highest BCUT2D eigenvalue weighted by Gasteiger charge is 2.29. The zero-order valence-electron chi connectivity index (χ0n) is 15.8. The van der Waals surface area contributed by atoms with Crippen LogP contribution in [0.1, 0.15) is 31.0 Å². The highest BCUT2D eigenvalue weighted by molar-refractivity contribution is 5.83. The number of fused-ring (bicyclic) bond motifs is 2. The third kappa shape index (κ3) is 3.07. The Morgan fingerprint density at radius 3 is 2.93 bits per heavy atom. The molecule has 0 radical (unpaired) electrons. The van der Waals surface area contributed by atoms with Crippen LogP contribution >= 0.6 is 0 Å². The van der Waals surface area contributed by atoms with Crippen molar-refractivity contribution in [3.63, 3.8) is 0 Å². The van der Waals surface area contributed by atoms with E-state index in [-0.39, 0.29) is 5.91 Å². The van der Waals surface area contributed by atoms with Crippen molar-refractivity contribution >= 4 is 28.3 Å². The van der Waals surface area contributed by atoms with Crippen LogP contribution in [-0.4, -0.2) is 36.9 Å². The van der Waals surface area contributed by atoms with Crippen molar-refractivity contribution in [2.24, 2.45) is 13.0 Å². The third-order valence-electron chi connectivity index (χ3n) is 5.59. The van der Waals surface area contributed by atoms with Crippen LogP contribution in [0.2, 0.25) is 0 Å². The number of nitrogens with one attached hydrogen (secondary N) is 1. The van der Waals surface area contributed by atoms with E-state index in [0.717, 1.165) is 53.4 Å². The summed E-state index contributed by atoms with van der Waals surface area (Å²) >= 11 is 0. The van der Waals surface area contributed by atoms with Crippen LogP contribution < -0.4 is 5.32 Å². The van der Waals surface area contributed by atoms with E-state index in [1.54, 1.807) is 6.92 Å². The number of hydrogen-bond donors (Lipinski definition) is 1. The first kappa shape index (κ1) is 16.4. The fraction of sp³-hybridized carbons (Fsp3) is 0.450. The molecule has 0 unspecified atom stereocenters. The van der Waals surface area contributed by atoms with E-state index in [2.05, 4.69) is 27.2 Å². The number of benzene rings is 1. The number of carbonyl (C=O) groups is 1. The van der Waals surface area contributed by atoms with Crippen molar-refractivity contribution in [1.82, 2.24) is 24.5 Å². The van der Waals surface area contributed by atoms with Crippen molar-refractivity contribution in [1.29, 1.82) is 0 Å². The summed E-state index contributed by atoms with van der Waals surface area (Å²) in [5.41, 5.74) is 4.36. The van der Waals surface area contributed by atoms with Gasteiger partial charge in [-0.3, -0.25) is 14.2 Å². The Labute approximate surface area is 157 Å². The van der Waals surface area contributed by atoms with Crippen LogP contribution in [0.5, 0.6) is 0 Å². The monoisotopic (exact) mass is 364 g/mol. The summed E-state index contributed by atoms with van der Waals surface area (Å²) in [5, 5.41) is 14.0. The molecule has 140 valence electrons. The molecule has 7 nitrogen and oxygen atoms in total. The molecule has 0 spiro atoms. The van der Waals surface area contributed by atoms with Gasteiger partial charge in [-0.1, -0.05) is 0 Å². The van der Waals surface area contributed by atoms with Gasteiger partial charge in [-0.25, -0.2) is 0 Å². The van der Waals surface area contributed by atoms with Crippen LogP contribution in [0.4, 0.5) is 11.5 Å². The summed E-state index contributed by atoms with van der Waals surface area (Å²) in [6.45, 7) is 4.03. The first-order valence-corrected chi connectivity index (χ1v) is 9.61. The average molecular weight is 364 g/mol. The average Bonchev–Trinajstić information content (AvgIpc) is 3.29. The Morgan fingerprint density at radius 2 is 2.15 bits per heavy atom. The number of rotatable bonds is 4. The van der Waals surface area contributed by atoms with Crippen LogP contribution in [0, 0.1) is 5.92 Å². The number of carbonyl (C=O) groups excluding carboxylic acids is 1. The predicted octanol–water partition coefficient (Wildman–Crippen LogP) is 2.83. The van der Waals surface area contributed by atoms with Crippen LogP contribution in [-0.2, 0) is 31.4 Å². The van der Waals surface area contributed by atoms with Crippen LogP contribution in [0.25, 0.3) is 10.9 Å². The second-order valence-electron chi connectivity index (χ2n) is 7.79. The summed E-state index contributed by atoms with van der Waals surface area (Å²) in [6.07, 6.45) is 5.48. The zero-order valence-corrected chi connectivity index (χ0v) is 15.8. The standard InChI is InChI=1S/C20H24N6O/c1-13(27)25-8-7-19-17(12-25)20(23-26(19)10-14-3-4-14)21-16-6-5-15-11-24(2)22-18(15)9-16/h5-6,9,11,14H,3-4,7-8,10,12H2,1-2H3,(H,21,23). The Balaban J connectivity index is 1.49. The molecule has 0 bridgehead atoms. The van der Waals surface area contributed by atoms with Gasteiger partial charge in [-0.05, 0) is 37.0 Å². The molecule has 1 N–H and O–H groups in total. The molecule has 1 amide bonds. The van der Waals surface area contributed by atoms with Gasteiger partial charge in [0.25, 0.3) is 0 Å². The van der Waals surface area contributed by atoms with Gasteiger partial charge in [-0.2, -0.15) is 10.2 Å². The minimum atomic E-state index is 0.122. The SMILES string of the molecule is CC(=O)N1CCc2c(c(Nc3ccc4cn(C)nc4c3)nn2CC2CC2)C1. The minimum absolute atomic E-state index is 0.122. The first-order valence-electron chi connectivity index (χ1n) is 9.61. The normalized spacial score (nSPS) is 16.6. The lowest BCUT2D eigenvalue weighted by Crippen LogP contribution is -2.34. The van der Waals surface area contributed by atoms with Gasteiger partial charge >= 0.3 is 0 Å². The number of nitrogens with zero attached hydrogens (tertiary/aromatic N) is 5. The molecule has 0 saturated heterocycles. The summed E-state index contributed by atoms with van der Waals surface area (Å²) in [7, 11) is 1.93. The molecule has 7 heteroatoms. The predicted molar refractivity (Wildman–Crippen MR) is 104 cm³/mol. The molecule has 0 atom stereocenters. The molecule has 1 aliphatic heterocycles.